The van der Waals surface area contributed by atoms with E-state index in [4.69, 9.17) is 4.74 Å². The second kappa shape index (κ2) is 6.83. The van der Waals surface area contributed by atoms with Crippen LogP contribution < -0.4 is 4.74 Å². The van der Waals surface area contributed by atoms with Gasteiger partial charge in [0.15, 0.2) is 11.5 Å². The van der Waals surface area contributed by atoms with Crippen LogP contribution >= 0.6 is 0 Å². The molecular weight excluding hydrogens is 248 g/mol. The zero-order valence-corrected chi connectivity index (χ0v) is 12.9. The molecule has 0 radical (unpaired) electrons. The van der Waals surface area contributed by atoms with Gasteiger partial charge < -0.3 is 9.84 Å². The molecule has 1 aliphatic rings. The van der Waals surface area contributed by atoms with Gasteiger partial charge in [-0.15, -0.1) is 0 Å². The maximum atomic E-state index is 10.1. The highest BCUT2D eigenvalue weighted by molar-refractivity contribution is 5.49. The fourth-order valence-corrected chi connectivity index (χ4v) is 3.03. The van der Waals surface area contributed by atoms with Crippen LogP contribution in [-0.4, -0.2) is 11.2 Å². The third kappa shape index (κ3) is 3.17. The first kappa shape index (κ1) is 15.0. The number of allylic oxidation sites excluding steroid dienone is 1. The number of rotatable bonds is 5. The molecule has 2 heteroatoms. The summed E-state index contributed by atoms with van der Waals surface area (Å²) < 4.78 is 6.22. The first-order valence-electron chi connectivity index (χ1n) is 7.82. The van der Waals surface area contributed by atoms with Crippen molar-refractivity contribution in [2.75, 3.05) is 0 Å². The minimum absolute atomic E-state index is 0.191. The molecule has 1 aromatic rings. The van der Waals surface area contributed by atoms with Gasteiger partial charge in [-0.2, -0.15) is 0 Å². The Bertz CT molecular complexity index is 477. The maximum absolute atomic E-state index is 10.1. The van der Waals surface area contributed by atoms with E-state index in [1.165, 1.54) is 5.56 Å². The van der Waals surface area contributed by atoms with Crippen LogP contribution in [0.25, 0.3) is 0 Å². The van der Waals surface area contributed by atoms with Crippen LogP contribution in [0.3, 0.4) is 0 Å². The summed E-state index contributed by atoms with van der Waals surface area (Å²) in [5.74, 6) is 1.42. The molecule has 1 aromatic carbocycles. The predicted molar refractivity (Wildman–Crippen MR) is 83.4 cm³/mol. The standard InChI is InChI=1S/C18H26O2/c1-4-8-15-9-6-7-10-17(15)20-18-13(3)14(5-2)11-12-16(18)19/h6,9,11-12,15,17,19H,4-5,7-8,10H2,1-3H3/t15?,17-/m1/s1. The van der Waals surface area contributed by atoms with Gasteiger partial charge in [-0.1, -0.05) is 38.5 Å². The second-order valence-corrected chi connectivity index (χ2v) is 5.67. The molecule has 2 rings (SSSR count). The number of aromatic hydroxyl groups is 1. The van der Waals surface area contributed by atoms with E-state index in [9.17, 15) is 5.11 Å². The molecular formula is C18H26O2. The predicted octanol–water partition coefficient (Wildman–Crippen LogP) is 4.78. The fraction of sp³-hybridized carbons (Fsp3) is 0.556. The lowest BCUT2D eigenvalue weighted by molar-refractivity contribution is 0.131. The molecule has 1 N–H and O–H groups in total. The topological polar surface area (TPSA) is 29.5 Å². The van der Waals surface area contributed by atoms with E-state index in [2.05, 4.69) is 26.0 Å². The third-order valence-electron chi connectivity index (χ3n) is 4.25. The van der Waals surface area contributed by atoms with Crippen molar-refractivity contribution in [2.24, 2.45) is 5.92 Å². The fourth-order valence-electron chi connectivity index (χ4n) is 3.03. The van der Waals surface area contributed by atoms with Crippen LogP contribution in [0, 0.1) is 12.8 Å². The Morgan fingerprint density at radius 3 is 2.80 bits per heavy atom. The monoisotopic (exact) mass is 274 g/mol. The summed E-state index contributed by atoms with van der Waals surface area (Å²) in [6.45, 7) is 6.38. The molecule has 0 heterocycles. The Kier molecular flexibility index (Phi) is 5.11. The van der Waals surface area contributed by atoms with Crippen LogP contribution in [0.5, 0.6) is 11.5 Å². The van der Waals surface area contributed by atoms with E-state index < -0.39 is 0 Å². The number of phenols is 1. The molecule has 0 aliphatic heterocycles. The van der Waals surface area contributed by atoms with Crippen molar-refractivity contribution in [1.29, 1.82) is 0 Å². The smallest absolute Gasteiger partial charge is 0.164 e. The maximum Gasteiger partial charge on any atom is 0.164 e. The van der Waals surface area contributed by atoms with E-state index in [-0.39, 0.29) is 11.9 Å². The lowest BCUT2D eigenvalue weighted by atomic mass is 9.89. The molecule has 2 atom stereocenters. The first-order valence-corrected chi connectivity index (χ1v) is 7.82. The molecule has 0 fully saturated rings. The van der Waals surface area contributed by atoms with Crippen molar-refractivity contribution in [3.8, 4) is 11.5 Å². The van der Waals surface area contributed by atoms with Crippen LogP contribution in [0.2, 0.25) is 0 Å². The average Bonchev–Trinajstić information content (AvgIpc) is 2.45. The van der Waals surface area contributed by atoms with Gasteiger partial charge in [-0.25, -0.2) is 0 Å². The van der Waals surface area contributed by atoms with Crippen molar-refractivity contribution >= 4 is 0 Å². The van der Waals surface area contributed by atoms with Gasteiger partial charge in [0.1, 0.15) is 6.10 Å². The Labute approximate surface area is 122 Å². The summed E-state index contributed by atoms with van der Waals surface area (Å²) >= 11 is 0. The van der Waals surface area contributed by atoms with E-state index >= 15 is 0 Å². The summed E-state index contributed by atoms with van der Waals surface area (Å²) in [4.78, 5) is 0. The lowest BCUT2D eigenvalue weighted by Crippen LogP contribution is -2.28. The molecule has 0 amide bonds. The normalized spacial score (nSPS) is 21.9. The van der Waals surface area contributed by atoms with Crippen molar-refractivity contribution in [3.05, 3.63) is 35.4 Å². The summed E-state index contributed by atoms with van der Waals surface area (Å²) in [6, 6.07) is 3.75. The summed E-state index contributed by atoms with van der Waals surface area (Å²) in [5.41, 5.74) is 2.33. The van der Waals surface area contributed by atoms with Gasteiger partial charge >= 0.3 is 0 Å². The van der Waals surface area contributed by atoms with Gasteiger partial charge in [0.2, 0.25) is 0 Å². The largest absolute Gasteiger partial charge is 0.504 e. The number of aryl methyl sites for hydroxylation is 1. The molecule has 20 heavy (non-hydrogen) atoms. The third-order valence-corrected chi connectivity index (χ3v) is 4.25. The Morgan fingerprint density at radius 2 is 2.10 bits per heavy atom. The summed E-state index contributed by atoms with van der Waals surface area (Å²) in [5, 5.41) is 10.1. The SMILES string of the molecule is CCCC1C=CCC[C@H]1Oc1c(O)ccc(CC)c1C. The number of hydrogen-bond donors (Lipinski definition) is 1. The molecule has 110 valence electrons. The van der Waals surface area contributed by atoms with Gasteiger partial charge in [0, 0.05) is 5.92 Å². The van der Waals surface area contributed by atoms with Crippen molar-refractivity contribution in [1.82, 2.24) is 0 Å². The van der Waals surface area contributed by atoms with Gasteiger partial charge in [0.25, 0.3) is 0 Å². The molecule has 1 aliphatic carbocycles. The van der Waals surface area contributed by atoms with Crippen LogP contribution in [0.4, 0.5) is 0 Å². The van der Waals surface area contributed by atoms with Crippen LogP contribution in [-0.2, 0) is 6.42 Å². The quantitative estimate of drug-likeness (QED) is 0.783. The molecule has 0 aromatic heterocycles. The Hall–Kier alpha value is -1.44. The lowest BCUT2D eigenvalue weighted by Gasteiger charge is -2.29. The number of phenolic OH excluding ortho intramolecular Hbond substituents is 1. The number of hydrogen-bond acceptors (Lipinski definition) is 2. The molecule has 1 unspecified atom stereocenters. The highest BCUT2D eigenvalue weighted by Gasteiger charge is 2.24. The highest BCUT2D eigenvalue weighted by Crippen LogP contribution is 2.36. The van der Waals surface area contributed by atoms with Gasteiger partial charge in [-0.05, 0) is 49.8 Å². The van der Waals surface area contributed by atoms with E-state index in [0.29, 0.717) is 11.7 Å². The average molecular weight is 274 g/mol. The second-order valence-electron chi connectivity index (χ2n) is 5.67. The van der Waals surface area contributed by atoms with Gasteiger partial charge in [-0.3, -0.25) is 0 Å². The number of benzene rings is 1. The van der Waals surface area contributed by atoms with E-state index in [1.54, 1.807) is 6.07 Å². The zero-order chi connectivity index (χ0) is 14.5. The highest BCUT2D eigenvalue weighted by atomic mass is 16.5. The Morgan fingerprint density at radius 1 is 1.30 bits per heavy atom. The first-order chi connectivity index (χ1) is 9.67. The minimum atomic E-state index is 0.191. The minimum Gasteiger partial charge on any atom is -0.504 e. The van der Waals surface area contributed by atoms with Gasteiger partial charge in [0.05, 0.1) is 0 Å². The molecule has 0 saturated heterocycles. The van der Waals surface area contributed by atoms with Crippen molar-refractivity contribution in [2.45, 2.75) is 59.0 Å². The summed E-state index contributed by atoms with van der Waals surface area (Å²) in [7, 11) is 0. The number of ether oxygens (including phenoxy) is 1. The van der Waals surface area contributed by atoms with E-state index in [0.717, 1.165) is 37.7 Å². The zero-order valence-electron chi connectivity index (χ0n) is 12.9. The van der Waals surface area contributed by atoms with Crippen molar-refractivity contribution in [3.63, 3.8) is 0 Å². The van der Waals surface area contributed by atoms with Crippen LogP contribution in [0.1, 0.15) is 50.7 Å². The molecule has 0 bridgehead atoms. The van der Waals surface area contributed by atoms with Crippen molar-refractivity contribution < 1.29 is 9.84 Å². The Balaban J connectivity index is 2.22. The van der Waals surface area contributed by atoms with Crippen LogP contribution in [0.15, 0.2) is 24.3 Å². The molecule has 2 nitrogen and oxygen atoms in total. The van der Waals surface area contributed by atoms with E-state index in [1.807, 2.05) is 13.0 Å². The summed E-state index contributed by atoms with van der Waals surface area (Å²) in [6.07, 6.45) is 10.1. The molecule has 0 saturated carbocycles. The molecule has 0 spiro atoms.